The molecule has 2 fully saturated rings. The number of aromatic nitrogens is 2. The van der Waals surface area contributed by atoms with Gasteiger partial charge in [0.1, 0.15) is 5.82 Å². The number of rotatable bonds is 5. The second-order valence-electron chi connectivity index (χ2n) is 10.3. The first kappa shape index (κ1) is 24.8. The molecule has 2 saturated heterocycles. The molecule has 7 nitrogen and oxygen atoms in total. The van der Waals surface area contributed by atoms with Crippen molar-refractivity contribution in [2.24, 2.45) is 5.92 Å². The number of likely N-dealkylation sites (tertiary alicyclic amines) is 1. The smallest absolute Gasteiger partial charge is 0.243 e. The number of carbonyl (C=O) groups excluding carboxylic acids is 1. The van der Waals surface area contributed by atoms with Crippen molar-refractivity contribution in [1.82, 2.24) is 19.2 Å². The number of aromatic amines is 1. The molecule has 2 aliphatic rings. The number of imidazole rings is 1. The van der Waals surface area contributed by atoms with Crippen LogP contribution in [-0.2, 0) is 14.8 Å². The van der Waals surface area contributed by atoms with Gasteiger partial charge in [0.2, 0.25) is 15.9 Å². The number of benzene rings is 3. The molecule has 38 heavy (non-hydrogen) atoms. The predicted octanol–water partition coefficient (Wildman–Crippen LogP) is 5.11. The Kier molecular flexibility index (Phi) is 6.76. The van der Waals surface area contributed by atoms with Gasteiger partial charge in [0, 0.05) is 25.6 Å². The first-order chi connectivity index (χ1) is 18.5. The highest BCUT2D eigenvalue weighted by Gasteiger charge is 2.41. The van der Waals surface area contributed by atoms with Crippen LogP contribution in [-0.4, -0.2) is 53.1 Å². The Balaban J connectivity index is 1.18. The van der Waals surface area contributed by atoms with Crippen molar-refractivity contribution in [3.8, 4) is 0 Å². The maximum atomic E-state index is 13.8. The molecule has 1 amide bonds. The van der Waals surface area contributed by atoms with E-state index in [1.807, 2.05) is 65.6 Å². The molecule has 6 rings (SSSR count). The van der Waals surface area contributed by atoms with Gasteiger partial charge in [0.25, 0.3) is 0 Å². The van der Waals surface area contributed by atoms with Crippen molar-refractivity contribution < 1.29 is 13.2 Å². The molecule has 3 aromatic carbocycles. The maximum absolute atomic E-state index is 13.8. The quantitative estimate of drug-likeness (QED) is 0.390. The summed E-state index contributed by atoms with van der Waals surface area (Å²) in [7, 11) is -3.76. The highest BCUT2D eigenvalue weighted by molar-refractivity contribution is 7.89. The average molecular weight is 529 g/mol. The Morgan fingerprint density at radius 1 is 0.816 bits per heavy atom. The summed E-state index contributed by atoms with van der Waals surface area (Å²) in [6.45, 7) is 1.51. The fraction of sp³-hybridized carbons (Fsp3) is 0.333. The summed E-state index contributed by atoms with van der Waals surface area (Å²) >= 11 is 0. The Labute approximate surface area is 223 Å². The van der Waals surface area contributed by atoms with Crippen LogP contribution in [0.5, 0.6) is 0 Å². The number of nitrogens with one attached hydrogen (secondary N) is 1. The summed E-state index contributed by atoms with van der Waals surface area (Å²) in [6, 6.07) is 26.1. The molecule has 0 unspecified atom stereocenters. The van der Waals surface area contributed by atoms with Crippen LogP contribution in [0, 0.1) is 5.92 Å². The third-order valence-corrected chi connectivity index (χ3v) is 9.91. The van der Waals surface area contributed by atoms with E-state index < -0.39 is 10.0 Å². The van der Waals surface area contributed by atoms with Crippen molar-refractivity contribution >= 4 is 27.0 Å². The summed E-state index contributed by atoms with van der Waals surface area (Å²) < 4.78 is 29.1. The van der Waals surface area contributed by atoms with Gasteiger partial charge >= 0.3 is 0 Å². The lowest BCUT2D eigenvalue weighted by Gasteiger charge is -2.41. The number of sulfonamides is 1. The van der Waals surface area contributed by atoms with Gasteiger partial charge in [0.15, 0.2) is 0 Å². The van der Waals surface area contributed by atoms with Crippen molar-refractivity contribution in [2.45, 2.75) is 42.5 Å². The van der Waals surface area contributed by atoms with E-state index in [2.05, 4.69) is 4.98 Å². The van der Waals surface area contributed by atoms with Crippen LogP contribution in [0.1, 0.15) is 49.0 Å². The Hall–Kier alpha value is -3.49. The summed E-state index contributed by atoms with van der Waals surface area (Å²) in [5.41, 5.74) is 2.97. The lowest BCUT2D eigenvalue weighted by Crippen LogP contribution is -2.49. The molecular weight excluding hydrogens is 496 g/mol. The largest absolute Gasteiger partial charge is 0.342 e. The van der Waals surface area contributed by atoms with Gasteiger partial charge < -0.3 is 9.88 Å². The number of carbonyl (C=O) groups is 1. The number of fused-ring (bicyclic) bond motifs is 1. The zero-order valence-electron chi connectivity index (χ0n) is 21.2. The van der Waals surface area contributed by atoms with Crippen molar-refractivity contribution in [1.29, 1.82) is 0 Å². The van der Waals surface area contributed by atoms with Crippen LogP contribution in [0.25, 0.3) is 11.0 Å². The van der Waals surface area contributed by atoms with E-state index in [1.165, 1.54) is 0 Å². The molecule has 0 aliphatic carbocycles. The van der Waals surface area contributed by atoms with Gasteiger partial charge in [-0.05, 0) is 55.5 Å². The van der Waals surface area contributed by atoms with Gasteiger partial charge in [-0.2, -0.15) is 4.31 Å². The van der Waals surface area contributed by atoms with E-state index in [9.17, 15) is 13.2 Å². The van der Waals surface area contributed by atoms with Crippen molar-refractivity contribution in [3.63, 3.8) is 0 Å². The van der Waals surface area contributed by atoms with E-state index >= 15 is 0 Å². The number of hydrogen-bond acceptors (Lipinski definition) is 4. The monoisotopic (exact) mass is 528 g/mol. The fourth-order valence-corrected chi connectivity index (χ4v) is 7.65. The van der Waals surface area contributed by atoms with Crippen LogP contribution in [0.2, 0.25) is 0 Å². The first-order valence-corrected chi connectivity index (χ1v) is 14.8. The van der Waals surface area contributed by atoms with E-state index in [1.54, 1.807) is 28.6 Å². The Morgan fingerprint density at radius 2 is 1.47 bits per heavy atom. The van der Waals surface area contributed by atoms with Gasteiger partial charge in [0.05, 0.1) is 27.9 Å². The standard InChI is InChI=1S/C30H32N4O3S/c35-30(33-19-17-23(18-20-33)29-31-26-13-7-8-14-27(26)32-29)24-15-16-28(22-9-3-1-4-10-22)34(21-24)38(36,37)25-11-5-2-6-12-25/h1-14,23-24,28H,15-21H2,(H,31,32)/t24-,28+/m1/s1. The van der Waals surface area contributed by atoms with Gasteiger partial charge in [-0.1, -0.05) is 60.7 Å². The molecule has 0 radical (unpaired) electrons. The molecule has 1 N–H and O–H groups in total. The topological polar surface area (TPSA) is 86.4 Å². The number of piperidine rings is 2. The number of amides is 1. The zero-order chi connectivity index (χ0) is 26.1. The van der Waals surface area contributed by atoms with Crippen LogP contribution in [0.3, 0.4) is 0 Å². The Bertz CT molecular complexity index is 1480. The molecule has 0 bridgehead atoms. The van der Waals surface area contributed by atoms with Crippen LogP contribution in [0.15, 0.2) is 89.8 Å². The molecule has 2 aliphatic heterocycles. The minimum absolute atomic E-state index is 0.0628. The summed E-state index contributed by atoms with van der Waals surface area (Å²) in [5.74, 6) is 0.987. The van der Waals surface area contributed by atoms with Crippen molar-refractivity contribution in [3.05, 3.63) is 96.3 Å². The normalized spacial score (nSPS) is 21.5. The van der Waals surface area contributed by atoms with Crippen LogP contribution < -0.4 is 0 Å². The fourth-order valence-electron chi connectivity index (χ4n) is 5.94. The number of hydrogen-bond donors (Lipinski definition) is 1. The molecule has 4 aromatic rings. The highest BCUT2D eigenvalue weighted by atomic mass is 32.2. The minimum atomic E-state index is -3.76. The van der Waals surface area contributed by atoms with E-state index in [0.29, 0.717) is 25.9 Å². The summed E-state index contributed by atoms with van der Waals surface area (Å²) in [6.07, 6.45) is 2.97. The van der Waals surface area contributed by atoms with E-state index in [-0.39, 0.29) is 35.2 Å². The molecule has 3 heterocycles. The van der Waals surface area contributed by atoms with Gasteiger partial charge in [-0.3, -0.25) is 4.79 Å². The van der Waals surface area contributed by atoms with Gasteiger partial charge in [-0.25, -0.2) is 13.4 Å². The highest BCUT2D eigenvalue weighted by Crippen LogP contribution is 2.38. The number of H-pyrrole nitrogens is 1. The predicted molar refractivity (Wildman–Crippen MR) is 147 cm³/mol. The van der Waals surface area contributed by atoms with E-state index in [0.717, 1.165) is 35.3 Å². The average Bonchev–Trinajstić information content (AvgIpc) is 3.42. The number of para-hydroxylation sites is 2. The third-order valence-electron chi connectivity index (χ3n) is 8.02. The Morgan fingerprint density at radius 3 is 2.18 bits per heavy atom. The second kappa shape index (κ2) is 10.3. The number of nitrogens with zero attached hydrogens (tertiary/aromatic N) is 3. The van der Waals surface area contributed by atoms with E-state index in [4.69, 9.17) is 4.98 Å². The lowest BCUT2D eigenvalue weighted by molar-refractivity contribution is -0.138. The molecule has 196 valence electrons. The zero-order valence-corrected chi connectivity index (χ0v) is 22.1. The van der Waals surface area contributed by atoms with Gasteiger partial charge in [-0.15, -0.1) is 0 Å². The first-order valence-electron chi connectivity index (χ1n) is 13.4. The molecule has 1 aromatic heterocycles. The molecule has 0 spiro atoms. The minimum Gasteiger partial charge on any atom is -0.342 e. The third kappa shape index (κ3) is 4.74. The van der Waals surface area contributed by atoms with Crippen LogP contribution in [0.4, 0.5) is 0 Å². The molecule has 8 heteroatoms. The molecule has 2 atom stereocenters. The van der Waals surface area contributed by atoms with Crippen molar-refractivity contribution in [2.75, 3.05) is 19.6 Å². The maximum Gasteiger partial charge on any atom is 0.243 e. The summed E-state index contributed by atoms with van der Waals surface area (Å²) in [5, 5.41) is 0. The molecule has 0 saturated carbocycles. The SMILES string of the molecule is O=C([C@@H]1CC[C@@H](c2ccccc2)N(S(=O)(=O)c2ccccc2)C1)N1CCC(c2nc3ccccc3[nH]2)CC1. The second-order valence-corrected chi connectivity index (χ2v) is 12.2. The lowest BCUT2D eigenvalue weighted by atomic mass is 9.89. The molecular formula is C30H32N4O3S. The summed E-state index contributed by atoms with van der Waals surface area (Å²) in [4.78, 5) is 24.1. The van der Waals surface area contributed by atoms with Crippen LogP contribution >= 0.6 is 0 Å².